The SMILES string of the molecule is O=S(=O)(Cl)c1ccc(CCNS(=O)(=O)C(F)F)cc1. The fourth-order valence-electron chi connectivity index (χ4n) is 1.22. The Labute approximate surface area is 114 Å². The molecule has 0 saturated heterocycles. The van der Waals surface area contributed by atoms with Gasteiger partial charge in [0.2, 0.25) is 0 Å². The van der Waals surface area contributed by atoms with E-state index in [2.05, 4.69) is 0 Å². The molecule has 0 bridgehead atoms. The van der Waals surface area contributed by atoms with E-state index in [1.165, 1.54) is 24.3 Å². The Bertz CT molecular complexity index is 629. The van der Waals surface area contributed by atoms with Gasteiger partial charge in [0.05, 0.1) is 4.90 Å². The topological polar surface area (TPSA) is 80.3 Å². The van der Waals surface area contributed by atoms with Crippen molar-refractivity contribution in [2.45, 2.75) is 17.1 Å². The van der Waals surface area contributed by atoms with Crippen molar-refractivity contribution < 1.29 is 25.6 Å². The van der Waals surface area contributed by atoms with Crippen LogP contribution in [0.1, 0.15) is 5.56 Å². The lowest BCUT2D eigenvalue weighted by Gasteiger charge is -2.05. The van der Waals surface area contributed by atoms with Crippen LogP contribution >= 0.6 is 10.7 Å². The van der Waals surface area contributed by atoms with Gasteiger partial charge in [0, 0.05) is 17.2 Å². The first-order valence-corrected chi connectivity index (χ1v) is 8.79. The number of halogens is 3. The smallest absolute Gasteiger partial charge is 0.210 e. The number of nitrogens with one attached hydrogen (secondary N) is 1. The van der Waals surface area contributed by atoms with Crippen LogP contribution in [0.2, 0.25) is 0 Å². The van der Waals surface area contributed by atoms with Gasteiger partial charge in [0.25, 0.3) is 19.1 Å². The summed E-state index contributed by atoms with van der Waals surface area (Å²) in [6.45, 7) is -0.209. The van der Waals surface area contributed by atoms with E-state index in [1.54, 1.807) is 4.72 Å². The standard InChI is InChI=1S/C9H10ClF2NO4S2/c10-18(14,15)8-3-1-7(2-4-8)5-6-13-19(16,17)9(11)12/h1-4,9,13H,5-6H2. The van der Waals surface area contributed by atoms with Crippen molar-refractivity contribution in [2.75, 3.05) is 6.54 Å². The lowest BCUT2D eigenvalue weighted by molar-refractivity contribution is 0.232. The number of hydrogen-bond donors (Lipinski definition) is 1. The average molecular weight is 334 g/mol. The number of sulfonamides is 1. The lowest BCUT2D eigenvalue weighted by Crippen LogP contribution is -2.31. The van der Waals surface area contributed by atoms with Crippen LogP contribution in [0.15, 0.2) is 29.2 Å². The molecule has 0 unspecified atom stereocenters. The molecule has 1 N–H and O–H groups in total. The molecule has 108 valence electrons. The van der Waals surface area contributed by atoms with Gasteiger partial charge in [0.1, 0.15) is 0 Å². The third kappa shape index (κ3) is 5.01. The monoisotopic (exact) mass is 333 g/mol. The molecule has 19 heavy (non-hydrogen) atoms. The molecule has 0 aliphatic carbocycles. The highest BCUT2D eigenvalue weighted by atomic mass is 35.7. The van der Waals surface area contributed by atoms with E-state index in [0.717, 1.165) is 0 Å². The van der Waals surface area contributed by atoms with Crippen molar-refractivity contribution in [1.29, 1.82) is 0 Å². The van der Waals surface area contributed by atoms with Gasteiger partial charge in [-0.3, -0.25) is 0 Å². The van der Waals surface area contributed by atoms with Gasteiger partial charge in [-0.2, -0.15) is 8.78 Å². The minimum atomic E-state index is -4.60. The largest absolute Gasteiger partial charge is 0.350 e. The molecule has 5 nitrogen and oxygen atoms in total. The summed E-state index contributed by atoms with van der Waals surface area (Å²) in [6.07, 6.45) is 0.147. The van der Waals surface area contributed by atoms with Gasteiger partial charge in [-0.25, -0.2) is 21.6 Å². The van der Waals surface area contributed by atoms with Gasteiger partial charge in [-0.1, -0.05) is 12.1 Å². The van der Waals surface area contributed by atoms with Gasteiger partial charge in [0.15, 0.2) is 0 Å². The van der Waals surface area contributed by atoms with Gasteiger partial charge >= 0.3 is 5.76 Å². The summed E-state index contributed by atoms with van der Waals surface area (Å²) in [5.41, 5.74) is 0.584. The first-order valence-electron chi connectivity index (χ1n) is 4.93. The van der Waals surface area contributed by atoms with Crippen molar-refractivity contribution in [1.82, 2.24) is 4.72 Å². The van der Waals surface area contributed by atoms with E-state index in [0.29, 0.717) is 5.56 Å². The molecule has 0 amide bonds. The molecule has 0 aromatic heterocycles. The van der Waals surface area contributed by atoms with Crippen molar-refractivity contribution in [3.05, 3.63) is 29.8 Å². The third-order valence-electron chi connectivity index (χ3n) is 2.16. The summed E-state index contributed by atoms with van der Waals surface area (Å²) >= 11 is 0. The van der Waals surface area contributed by atoms with Crippen LogP contribution in [0, 0.1) is 0 Å². The molecule has 0 aliphatic heterocycles. The highest BCUT2D eigenvalue weighted by Crippen LogP contribution is 2.15. The highest BCUT2D eigenvalue weighted by Gasteiger charge is 2.22. The van der Waals surface area contributed by atoms with Crippen LogP contribution in [0.3, 0.4) is 0 Å². The van der Waals surface area contributed by atoms with E-state index in [9.17, 15) is 25.6 Å². The zero-order chi connectivity index (χ0) is 14.7. The Morgan fingerprint density at radius 2 is 1.63 bits per heavy atom. The molecule has 0 fully saturated rings. The van der Waals surface area contributed by atoms with Crippen LogP contribution < -0.4 is 4.72 Å². The summed E-state index contributed by atoms with van der Waals surface area (Å²) in [4.78, 5) is -0.0916. The molecule has 1 aromatic carbocycles. The van der Waals surface area contributed by atoms with E-state index >= 15 is 0 Å². The second-order valence-corrected chi connectivity index (χ2v) is 7.83. The third-order valence-corrected chi connectivity index (χ3v) is 4.60. The Kier molecular flexibility index (Phi) is 5.25. The Morgan fingerprint density at radius 1 is 1.11 bits per heavy atom. The summed E-state index contributed by atoms with van der Waals surface area (Å²) in [6, 6.07) is 5.34. The summed E-state index contributed by atoms with van der Waals surface area (Å²) in [7, 11) is -3.31. The molecule has 0 atom stereocenters. The maximum Gasteiger partial charge on any atom is 0.350 e. The maximum atomic E-state index is 12.0. The van der Waals surface area contributed by atoms with Crippen molar-refractivity contribution in [2.24, 2.45) is 0 Å². The zero-order valence-corrected chi connectivity index (χ0v) is 11.8. The minimum absolute atomic E-state index is 0.0916. The van der Waals surface area contributed by atoms with Crippen molar-refractivity contribution in [3.8, 4) is 0 Å². The predicted molar refractivity (Wildman–Crippen MR) is 66.1 cm³/mol. The zero-order valence-electron chi connectivity index (χ0n) is 9.38. The minimum Gasteiger partial charge on any atom is -0.210 e. The quantitative estimate of drug-likeness (QED) is 0.796. The molecule has 10 heteroatoms. The fourth-order valence-corrected chi connectivity index (χ4v) is 2.50. The molecule has 0 radical (unpaired) electrons. The number of benzene rings is 1. The number of alkyl halides is 2. The van der Waals surface area contributed by atoms with Gasteiger partial charge in [-0.15, -0.1) is 0 Å². The highest BCUT2D eigenvalue weighted by molar-refractivity contribution is 8.13. The second kappa shape index (κ2) is 6.12. The van der Waals surface area contributed by atoms with Crippen molar-refractivity contribution in [3.63, 3.8) is 0 Å². The summed E-state index contributed by atoms with van der Waals surface area (Å²) < 4.78 is 69.1. The summed E-state index contributed by atoms with van der Waals surface area (Å²) in [5.74, 6) is -3.48. The van der Waals surface area contributed by atoms with Crippen LogP contribution in [-0.4, -0.2) is 29.1 Å². The van der Waals surface area contributed by atoms with Crippen LogP contribution in [0.4, 0.5) is 8.78 Å². The Morgan fingerprint density at radius 3 is 2.05 bits per heavy atom. The van der Waals surface area contributed by atoms with E-state index in [-0.39, 0.29) is 17.9 Å². The van der Waals surface area contributed by atoms with Crippen LogP contribution in [0.25, 0.3) is 0 Å². The molecule has 0 heterocycles. The molecule has 1 rings (SSSR count). The number of rotatable bonds is 6. The first-order chi connectivity index (χ1) is 8.63. The van der Waals surface area contributed by atoms with E-state index in [4.69, 9.17) is 10.7 Å². The fraction of sp³-hybridized carbons (Fsp3) is 0.333. The van der Waals surface area contributed by atoms with E-state index < -0.39 is 24.8 Å². The number of hydrogen-bond acceptors (Lipinski definition) is 4. The predicted octanol–water partition coefficient (Wildman–Crippen LogP) is 1.30. The first kappa shape index (κ1) is 16.3. The molecule has 0 saturated carbocycles. The molecule has 0 spiro atoms. The van der Waals surface area contributed by atoms with Crippen LogP contribution in [0.5, 0.6) is 0 Å². The summed E-state index contributed by atoms with van der Waals surface area (Å²) in [5, 5.41) is 0. The lowest BCUT2D eigenvalue weighted by atomic mass is 10.2. The second-order valence-electron chi connectivity index (χ2n) is 3.53. The van der Waals surface area contributed by atoms with Crippen molar-refractivity contribution >= 4 is 29.8 Å². The average Bonchev–Trinajstić information content (AvgIpc) is 2.28. The normalized spacial score (nSPS) is 12.8. The molecule has 0 aliphatic rings. The molecule has 1 aromatic rings. The molecular formula is C9H10ClF2NO4S2. The molecular weight excluding hydrogens is 324 g/mol. The van der Waals surface area contributed by atoms with Gasteiger partial charge < -0.3 is 0 Å². The van der Waals surface area contributed by atoms with E-state index in [1.807, 2.05) is 0 Å². The maximum absolute atomic E-state index is 12.0. The van der Waals surface area contributed by atoms with Gasteiger partial charge in [-0.05, 0) is 24.1 Å². The Balaban J connectivity index is 2.61. The van der Waals surface area contributed by atoms with Crippen LogP contribution in [-0.2, 0) is 25.5 Å². The Hall–Kier alpha value is -0.770.